The van der Waals surface area contributed by atoms with E-state index in [4.69, 9.17) is 4.74 Å². The van der Waals surface area contributed by atoms with Gasteiger partial charge >= 0.3 is 5.97 Å². The van der Waals surface area contributed by atoms with E-state index in [0.717, 1.165) is 19.6 Å². The molecule has 0 radical (unpaired) electrons. The first kappa shape index (κ1) is 12.5. The quantitative estimate of drug-likeness (QED) is 0.694. The predicted octanol–water partition coefficient (Wildman–Crippen LogP) is 0.478. The van der Waals surface area contributed by atoms with Crippen molar-refractivity contribution in [3.63, 3.8) is 0 Å². The van der Waals surface area contributed by atoms with Gasteiger partial charge in [-0.05, 0) is 13.8 Å². The Balaban J connectivity index is 2.45. The maximum absolute atomic E-state index is 11.3. The van der Waals surface area contributed by atoms with E-state index in [9.17, 15) is 4.79 Å². The third-order valence-corrected chi connectivity index (χ3v) is 3.01. The Morgan fingerprint density at radius 3 is 2.87 bits per heavy atom. The number of carbonyl (C=O) groups is 1. The molecule has 1 rings (SSSR count). The van der Waals surface area contributed by atoms with Crippen molar-refractivity contribution < 1.29 is 9.53 Å². The van der Waals surface area contributed by atoms with Crippen LogP contribution in [-0.2, 0) is 9.53 Å². The fourth-order valence-electron chi connectivity index (χ4n) is 1.98. The highest BCUT2D eigenvalue weighted by atomic mass is 16.5. The summed E-state index contributed by atoms with van der Waals surface area (Å²) in [7, 11) is 1.45. The fraction of sp³-hybridized carbons (Fsp3) is 0.909. The van der Waals surface area contributed by atoms with Crippen LogP contribution in [0.5, 0.6) is 0 Å². The smallest absolute Gasteiger partial charge is 0.309 e. The highest BCUT2D eigenvalue weighted by Crippen LogP contribution is 2.10. The molecule has 0 amide bonds. The molecule has 1 fully saturated rings. The average Bonchev–Trinajstić information content (AvgIpc) is 2.22. The molecule has 1 saturated heterocycles. The number of piperazine rings is 1. The zero-order valence-corrected chi connectivity index (χ0v) is 10.1. The molecule has 0 bridgehead atoms. The van der Waals surface area contributed by atoms with Gasteiger partial charge in [-0.15, -0.1) is 0 Å². The third kappa shape index (κ3) is 3.47. The number of methoxy groups -OCH3 is 1. The molecule has 3 unspecified atom stereocenters. The molecule has 0 aromatic rings. The van der Waals surface area contributed by atoms with Crippen LogP contribution in [0.25, 0.3) is 0 Å². The minimum atomic E-state index is -0.117. The fourth-order valence-corrected chi connectivity index (χ4v) is 1.98. The summed E-state index contributed by atoms with van der Waals surface area (Å²) in [5.74, 6) is -0.156. The minimum absolute atomic E-state index is 0.0391. The number of hydrogen-bond donors (Lipinski definition) is 1. The third-order valence-electron chi connectivity index (χ3n) is 3.01. The van der Waals surface area contributed by atoms with Gasteiger partial charge in [0.05, 0.1) is 13.0 Å². The van der Waals surface area contributed by atoms with E-state index in [1.54, 1.807) is 0 Å². The predicted molar refractivity (Wildman–Crippen MR) is 59.7 cm³/mol. The Bertz CT molecular complexity index is 221. The normalized spacial score (nSPS) is 29.9. The topological polar surface area (TPSA) is 41.6 Å². The highest BCUT2D eigenvalue weighted by molar-refractivity contribution is 5.72. The summed E-state index contributed by atoms with van der Waals surface area (Å²) in [5.41, 5.74) is 0. The van der Waals surface area contributed by atoms with E-state index in [-0.39, 0.29) is 11.9 Å². The molecule has 0 aromatic carbocycles. The van der Waals surface area contributed by atoms with E-state index in [2.05, 4.69) is 24.1 Å². The minimum Gasteiger partial charge on any atom is -0.469 e. The zero-order valence-electron chi connectivity index (χ0n) is 10.1. The van der Waals surface area contributed by atoms with Gasteiger partial charge in [0.15, 0.2) is 0 Å². The summed E-state index contributed by atoms with van der Waals surface area (Å²) in [5, 5.41) is 3.42. The maximum Gasteiger partial charge on any atom is 0.309 e. The molecule has 1 heterocycles. The number of carbonyl (C=O) groups excluding carboxylic acids is 1. The lowest BCUT2D eigenvalue weighted by Crippen LogP contribution is -2.55. The molecule has 0 aromatic heterocycles. The van der Waals surface area contributed by atoms with E-state index in [1.807, 2.05) is 6.92 Å². The molecule has 4 heteroatoms. The van der Waals surface area contributed by atoms with Crippen molar-refractivity contribution in [2.24, 2.45) is 5.92 Å². The van der Waals surface area contributed by atoms with Crippen LogP contribution in [-0.4, -0.2) is 49.7 Å². The lowest BCUT2D eigenvalue weighted by atomic mass is 10.1. The molecular formula is C11H22N2O2. The van der Waals surface area contributed by atoms with Gasteiger partial charge < -0.3 is 10.1 Å². The van der Waals surface area contributed by atoms with Crippen LogP contribution in [0.1, 0.15) is 20.8 Å². The first-order valence-electron chi connectivity index (χ1n) is 5.59. The molecule has 3 atom stereocenters. The number of hydrogen-bond acceptors (Lipinski definition) is 4. The van der Waals surface area contributed by atoms with Crippen LogP contribution >= 0.6 is 0 Å². The van der Waals surface area contributed by atoms with E-state index >= 15 is 0 Å². The summed E-state index contributed by atoms with van der Waals surface area (Å²) >= 11 is 0. The Morgan fingerprint density at radius 2 is 2.27 bits per heavy atom. The maximum atomic E-state index is 11.3. The Kier molecular flexibility index (Phi) is 4.54. The molecule has 0 saturated carbocycles. The van der Waals surface area contributed by atoms with E-state index < -0.39 is 0 Å². The van der Waals surface area contributed by atoms with Crippen molar-refractivity contribution in [2.75, 3.05) is 26.7 Å². The van der Waals surface area contributed by atoms with Crippen LogP contribution < -0.4 is 5.32 Å². The van der Waals surface area contributed by atoms with Gasteiger partial charge in [-0.3, -0.25) is 9.69 Å². The number of esters is 1. The second-order valence-corrected chi connectivity index (χ2v) is 4.54. The molecule has 1 aliphatic rings. The van der Waals surface area contributed by atoms with Gasteiger partial charge in [-0.25, -0.2) is 0 Å². The number of rotatable bonds is 3. The number of ether oxygens (including phenoxy) is 1. The van der Waals surface area contributed by atoms with Gasteiger partial charge in [0.25, 0.3) is 0 Å². The van der Waals surface area contributed by atoms with Gasteiger partial charge in [-0.2, -0.15) is 0 Å². The average molecular weight is 214 g/mol. The SMILES string of the molecule is COC(=O)C(C)CN1CC(C)NCC1C. The Labute approximate surface area is 92.0 Å². The molecule has 4 nitrogen and oxygen atoms in total. The van der Waals surface area contributed by atoms with Crippen LogP contribution in [0.2, 0.25) is 0 Å². The molecule has 0 aliphatic carbocycles. The van der Waals surface area contributed by atoms with Crippen molar-refractivity contribution in [1.29, 1.82) is 0 Å². The summed E-state index contributed by atoms with van der Waals surface area (Å²) in [4.78, 5) is 13.7. The number of nitrogens with one attached hydrogen (secondary N) is 1. The van der Waals surface area contributed by atoms with Crippen molar-refractivity contribution >= 4 is 5.97 Å². The van der Waals surface area contributed by atoms with Crippen molar-refractivity contribution in [3.05, 3.63) is 0 Å². The molecule has 1 aliphatic heterocycles. The monoisotopic (exact) mass is 214 g/mol. The van der Waals surface area contributed by atoms with E-state index in [1.165, 1.54) is 7.11 Å². The van der Waals surface area contributed by atoms with Crippen LogP contribution in [0.3, 0.4) is 0 Å². The highest BCUT2D eigenvalue weighted by Gasteiger charge is 2.25. The standard InChI is InChI=1S/C11H22N2O2/c1-8(11(14)15-4)6-13-7-9(2)12-5-10(13)3/h8-10,12H,5-7H2,1-4H3. The Morgan fingerprint density at radius 1 is 1.60 bits per heavy atom. The Hall–Kier alpha value is -0.610. The van der Waals surface area contributed by atoms with Crippen molar-refractivity contribution in [1.82, 2.24) is 10.2 Å². The second-order valence-electron chi connectivity index (χ2n) is 4.54. The van der Waals surface area contributed by atoms with Crippen molar-refractivity contribution in [3.8, 4) is 0 Å². The van der Waals surface area contributed by atoms with Gasteiger partial charge in [0.1, 0.15) is 0 Å². The summed E-state index contributed by atoms with van der Waals surface area (Å²) < 4.78 is 4.73. The summed E-state index contributed by atoms with van der Waals surface area (Å²) in [6, 6.07) is 0.999. The summed E-state index contributed by atoms with van der Waals surface area (Å²) in [6.07, 6.45) is 0. The molecule has 0 spiro atoms. The molecule has 15 heavy (non-hydrogen) atoms. The second kappa shape index (κ2) is 5.47. The first-order valence-corrected chi connectivity index (χ1v) is 5.59. The first-order chi connectivity index (χ1) is 7.04. The lowest BCUT2D eigenvalue weighted by Gasteiger charge is -2.38. The van der Waals surface area contributed by atoms with Gasteiger partial charge in [-0.1, -0.05) is 6.92 Å². The van der Waals surface area contributed by atoms with Crippen molar-refractivity contribution in [2.45, 2.75) is 32.9 Å². The van der Waals surface area contributed by atoms with Gasteiger partial charge in [0, 0.05) is 31.7 Å². The van der Waals surface area contributed by atoms with Crippen LogP contribution in [0, 0.1) is 5.92 Å². The molecule has 88 valence electrons. The van der Waals surface area contributed by atoms with Crippen LogP contribution in [0.15, 0.2) is 0 Å². The number of nitrogens with zero attached hydrogens (tertiary/aromatic N) is 1. The summed E-state index contributed by atoms with van der Waals surface area (Å²) in [6.45, 7) is 9.06. The van der Waals surface area contributed by atoms with Gasteiger partial charge in [0.2, 0.25) is 0 Å². The van der Waals surface area contributed by atoms with Crippen LogP contribution in [0.4, 0.5) is 0 Å². The molecule has 1 N–H and O–H groups in total. The molecular weight excluding hydrogens is 192 g/mol. The largest absolute Gasteiger partial charge is 0.469 e. The lowest BCUT2D eigenvalue weighted by molar-refractivity contribution is -0.145. The van der Waals surface area contributed by atoms with E-state index in [0.29, 0.717) is 12.1 Å². The zero-order chi connectivity index (χ0) is 11.4.